The average Bonchev–Trinajstić information content (AvgIpc) is 2.53. The summed E-state index contributed by atoms with van der Waals surface area (Å²) in [4.78, 5) is 11.1. The summed E-state index contributed by atoms with van der Waals surface area (Å²) in [5.41, 5.74) is 8.48. The zero-order valence-corrected chi connectivity index (χ0v) is 12.3. The summed E-state index contributed by atoms with van der Waals surface area (Å²) < 4.78 is 0. The third-order valence-electron chi connectivity index (χ3n) is 3.37. The number of thiocarbonyl (C=S) groups is 1. The van der Waals surface area contributed by atoms with E-state index in [4.69, 9.17) is 18.0 Å². The molecule has 104 valence electrons. The van der Waals surface area contributed by atoms with Gasteiger partial charge in [-0.15, -0.1) is 0 Å². The largest absolute Gasteiger partial charge is 0.389 e. The van der Waals surface area contributed by atoms with Gasteiger partial charge in [0.25, 0.3) is 0 Å². The lowest BCUT2D eigenvalue weighted by atomic mass is 10.1. The van der Waals surface area contributed by atoms with Crippen LogP contribution in [-0.2, 0) is 0 Å². The lowest BCUT2D eigenvalue weighted by molar-refractivity contribution is 1.11. The van der Waals surface area contributed by atoms with E-state index >= 15 is 0 Å². The molecule has 21 heavy (non-hydrogen) atoms. The van der Waals surface area contributed by atoms with Crippen LogP contribution >= 0.6 is 12.2 Å². The number of nitrogens with two attached hydrogens (primary N) is 1. The molecule has 0 amide bonds. The van der Waals surface area contributed by atoms with E-state index < -0.39 is 0 Å². The molecule has 3 aromatic rings. The number of para-hydroxylation sites is 2. The maximum absolute atomic E-state index is 5.82. The van der Waals surface area contributed by atoms with Gasteiger partial charge in [0.1, 0.15) is 17.1 Å². The molecule has 0 aliphatic heterocycles. The molecule has 0 spiro atoms. The monoisotopic (exact) mass is 294 g/mol. The van der Waals surface area contributed by atoms with Crippen molar-refractivity contribution in [2.75, 3.05) is 11.9 Å². The van der Waals surface area contributed by atoms with E-state index in [1.165, 1.54) is 0 Å². The molecule has 0 saturated carbocycles. The van der Waals surface area contributed by atoms with E-state index in [-0.39, 0.29) is 0 Å². The topological polar surface area (TPSA) is 55.0 Å². The highest BCUT2D eigenvalue weighted by atomic mass is 32.1. The summed E-state index contributed by atoms with van der Waals surface area (Å²) in [5.74, 6) is 0.823. The van der Waals surface area contributed by atoms with Crippen LogP contribution in [0.15, 0.2) is 54.9 Å². The van der Waals surface area contributed by atoms with Crippen LogP contribution in [0.25, 0.3) is 10.9 Å². The van der Waals surface area contributed by atoms with E-state index in [1.807, 2.05) is 60.5 Å². The molecule has 5 heteroatoms. The molecule has 0 bridgehead atoms. The number of benzene rings is 2. The summed E-state index contributed by atoms with van der Waals surface area (Å²) in [5, 5.41) is 0.986. The first-order chi connectivity index (χ1) is 10.2. The van der Waals surface area contributed by atoms with Crippen molar-refractivity contribution in [3.05, 3.63) is 60.4 Å². The minimum atomic E-state index is 0.371. The zero-order valence-electron chi connectivity index (χ0n) is 11.5. The molecule has 0 saturated heterocycles. The van der Waals surface area contributed by atoms with Gasteiger partial charge in [-0.2, -0.15) is 0 Å². The second kappa shape index (κ2) is 5.46. The zero-order chi connectivity index (χ0) is 14.8. The van der Waals surface area contributed by atoms with E-state index in [9.17, 15) is 0 Å². The number of hydrogen-bond donors (Lipinski definition) is 1. The van der Waals surface area contributed by atoms with Crippen LogP contribution in [0.1, 0.15) is 5.56 Å². The molecular weight excluding hydrogens is 280 g/mol. The molecule has 0 radical (unpaired) electrons. The standard InChI is InChI=1S/C16H14N4S/c1-20(14-9-5-3-7-12(14)15(17)21)16-11-6-2-4-8-13(11)18-10-19-16/h2-10H,1H3,(H2,17,21). The van der Waals surface area contributed by atoms with Gasteiger partial charge in [-0.05, 0) is 24.3 Å². The Morgan fingerprint density at radius 1 is 1.05 bits per heavy atom. The van der Waals surface area contributed by atoms with E-state index in [2.05, 4.69) is 9.97 Å². The van der Waals surface area contributed by atoms with Crippen LogP contribution in [0.5, 0.6) is 0 Å². The summed E-state index contributed by atoms with van der Waals surface area (Å²) >= 11 is 5.13. The SMILES string of the molecule is CN(c1ccccc1C(N)=S)c1ncnc2ccccc12. The third kappa shape index (κ3) is 2.43. The van der Waals surface area contributed by atoms with Crippen molar-refractivity contribution in [2.24, 2.45) is 5.73 Å². The number of aromatic nitrogens is 2. The lowest BCUT2D eigenvalue weighted by Crippen LogP contribution is -2.18. The summed E-state index contributed by atoms with van der Waals surface area (Å²) in [6.45, 7) is 0. The molecule has 3 rings (SSSR count). The Morgan fingerprint density at radius 3 is 2.57 bits per heavy atom. The summed E-state index contributed by atoms with van der Waals surface area (Å²) in [6.07, 6.45) is 1.57. The van der Waals surface area contributed by atoms with Crippen LogP contribution in [0.2, 0.25) is 0 Å². The summed E-state index contributed by atoms with van der Waals surface area (Å²) in [7, 11) is 1.95. The molecule has 2 N–H and O–H groups in total. The maximum Gasteiger partial charge on any atom is 0.144 e. The van der Waals surface area contributed by atoms with Crippen LogP contribution in [-0.4, -0.2) is 22.0 Å². The smallest absolute Gasteiger partial charge is 0.144 e. The number of anilines is 2. The van der Waals surface area contributed by atoms with E-state index in [1.54, 1.807) is 6.33 Å². The van der Waals surface area contributed by atoms with Crippen LogP contribution in [0, 0.1) is 0 Å². The predicted molar refractivity (Wildman–Crippen MR) is 89.9 cm³/mol. The van der Waals surface area contributed by atoms with Gasteiger partial charge in [-0.3, -0.25) is 0 Å². The van der Waals surface area contributed by atoms with Crippen molar-refractivity contribution in [3.63, 3.8) is 0 Å². The first-order valence-corrected chi connectivity index (χ1v) is 6.91. The van der Waals surface area contributed by atoms with E-state index in [0.29, 0.717) is 4.99 Å². The van der Waals surface area contributed by atoms with Gasteiger partial charge in [-0.25, -0.2) is 9.97 Å². The van der Waals surface area contributed by atoms with Gasteiger partial charge in [0.05, 0.1) is 11.2 Å². The molecule has 4 nitrogen and oxygen atoms in total. The Bertz CT molecular complexity index is 811. The second-order valence-electron chi connectivity index (χ2n) is 4.65. The highest BCUT2D eigenvalue weighted by Crippen LogP contribution is 2.30. The van der Waals surface area contributed by atoms with Gasteiger partial charge in [0.15, 0.2) is 0 Å². The number of hydrogen-bond acceptors (Lipinski definition) is 4. The molecule has 1 heterocycles. The quantitative estimate of drug-likeness (QED) is 0.752. The number of nitrogens with zero attached hydrogens (tertiary/aromatic N) is 3. The second-order valence-corrected chi connectivity index (χ2v) is 5.09. The molecule has 2 aromatic carbocycles. The fraction of sp³-hybridized carbons (Fsp3) is 0.0625. The molecule has 0 fully saturated rings. The molecule has 0 atom stereocenters. The first kappa shape index (κ1) is 13.5. The molecule has 1 aromatic heterocycles. The van der Waals surface area contributed by atoms with Gasteiger partial charge >= 0.3 is 0 Å². The lowest BCUT2D eigenvalue weighted by Gasteiger charge is -2.22. The van der Waals surface area contributed by atoms with Gasteiger partial charge in [0, 0.05) is 18.0 Å². The van der Waals surface area contributed by atoms with Crippen LogP contribution in [0.4, 0.5) is 11.5 Å². The Hall–Kier alpha value is -2.53. The Balaban J connectivity index is 2.18. The van der Waals surface area contributed by atoms with Crippen molar-refractivity contribution in [1.82, 2.24) is 9.97 Å². The number of rotatable bonds is 3. The fourth-order valence-corrected chi connectivity index (χ4v) is 2.52. The Morgan fingerprint density at radius 2 is 1.76 bits per heavy atom. The molecule has 0 unspecified atom stereocenters. The molecule has 0 aliphatic rings. The van der Waals surface area contributed by atoms with E-state index in [0.717, 1.165) is 28.0 Å². The van der Waals surface area contributed by atoms with Crippen molar-refractivity contribution in [1.29, 1.82) is 0 Å². The Labute approximate surface area is 128 Å². The normalized spacial score (nSPS) is 10.5. The van der Waals surface area contributed by atoms with Crippen LogP contribution in [0.3, 0.4) is 0 Å². The predicted octanol–water partition coefficient (Wildman–Crippen LogP) is 3.03. The van der Waals surface area contributed by atoms with Crippen molar-refractivity contribution >= 4 is 39.6 Å². The van der Waals surface area contributed by atoms with Crippen LogP contribution < -0.4 is 10.6 Å². The minimum absolute atomic E-state index is 0.371. The van der Waals surface area contributed by atoms with Gasteiger partial charge < -0.3 is 10.6 Å². The van der Waals surface area contributed by atoms with Gasteiger partial charge in [0.2, 0.25) is 0 Å². The summed E-state index contributed by atoms with van der Waals surface area (Å²) in [6, 6.07) is 15.7. The first-order valence-electron chi connectivity index (χ1n) is 6.51. The van der Waals surface area contributed by atoms with Crippen molar-refractivity contribution < 1.29 is 0 Å². The highest BCUT2D eigenvalue weighted by Gasteiger charge is 2.14. The molecular formula is C16H14N4S. The minimum Gasteiger partial charge on any atom is -0.389 e. The Kier molecular flexibility index (Phi) is 3.50. The highest BCUT2D eigenvalue weighted by molar-refractivity contribution is 7.80. The fourth-order valence-electron chi connectivity index (χ4n) is 2.35. The van der Waals surface area contributed by atoms with Crippen molar-refractivity contribution in [3.8, 4) is 0 Å². The molecule has 0 aliphatic carbocycles. The average molecular weight is 294 g/mol. The van der Waals surface area contributed by atoms with Crippen molar-refractivity contribution in [2.45, 2.75) is 0 Å². The maximum atomic E-state index is 5.82. The third-order valence-corrected chi connectivity index (χ3v) is 3.59. The number of fused-ring (bicyclic) bond motifs is 1. The van der Waals surface area contributed by atoms with Gasteiger partial charge in [-0.1, -0.05) is 36.5 Å².